The van der Waals surface area contributed by atoms with Gasteiger partial charge in [-0.3, -0.25) is 0 Å². The molecule has 0 aromatic carbocycles. The topological polar surface area (TPSA) is 44.5 Å². The molecule has 0 aromatic rings. The van der Waals surface area contributed by atoms with E-state index in [2.05, 4.69) is 33.3 Å². The fraction of sp³-hybridized carbons (Fsp3) is 0.688. The molecule has 0 saturated carbocycles. The highest BCUT2D eigenvalue weighted by Gasteiger charge is 2.26. The van der Waals surface area contributed by atoms with E-state index < -0.39 is 0 Å². The first-order valence-electron chi connectivity index (χ1n) is 8.17. The molecule has 0 spiro atoms. The number of nitrogens with one attached hydrogen (secondary N) is 1. The SMILES string of the molecule is NC(=S)NC1C=CC(N2CCC(N3CCCCC3)CC2)=C1. The van der Waals surface area contributed by atoms with Crippen molar-refractivity contribution in [3.63, 3.8) is 0 Å². The maximum absolute atomic E-state index is 5.54. The Morgan fingerprint density at radius 1 is 1.14 bits per heavy atom. The number of thiocarbonyl (C=S) groups is 1. The third-order valence-corrected chi connectivity index (χ3v) is 4.99. The van der Waals surface area contributed by atoms with Crippen LogP contribution in [0.2, 0.25) is 0 Å². The van der Waals surface area contributed by atoms with Crippen LogP contribution in [0.5, 0.6) is 0 Å². The number of piperidine rings is 2. The van der Waals surface area contributed by atoms with E-state index in [1.807, 2.05) is 0 Å². The minimum Gasteiger partial charge on any atom is -0.376 e. The molecule has 2 saturated heterocycles. The molecule has 4 nitrogen and oxygen atoms in total. The van der Waals surface area contributed by atoms with Gasteiger partial charge in [0.15, 0.2) is 5.11 Å². The van der Waals surface area contributed by atoms with Crippen LogP contribution in [-0.4, -0.2) is 53.2 Å². The average Bonchev–Trinajstić information content (AvgIpc) is 2.96. The zero-order chi connectivity index (χ0) is 14.7. The lowest BCUT2D eigenvalue weighted by molar-refractivity contribution is 0.106. The maximum atomic E-state index is 5.54. The normalized spacial score (nSPS) is 27.7. The summed E-state index contributed by atoms with van der Waals surface area (Å²) in [4.78, 5) is 5.22. The van der Waals surface area contributed by atoms with Gasteiger partial charge in [-0.1, -0.05) is 12.5 Å². The zero-order valence-corrected chi connectivity index (χ0v) is 13.4. The van der Waals surface area contributed by atoms with Gasteiger partial charge < -0.3 is 20.9 Å². The molecular weight excluding hydrogens is 280 g/mol. The molecule has 0 aromatic heterocycles. The van der Waals surface area contributed by atoms with Crippen LogP contribution in [0.15, 0.2) is 23.9 Å². The van der Waals surface area contributed by atoms with Crippen LogP contribution in [0.25, 0.3) is 0 Å². The number of likely N-dealkylation sites (tertiary alicyclic amines) is 2. The Balaban J connectivity index is 1.49. The average molecular weight is 306 g/mol. The van der Waals surface area contributed by atoms with Gasteiger partial charge in [-0.2, -0.15) is 0 Å². The van der Waals surface area contributed by atoms with E-state index in [9.17, 15) is 0 Å². The van der Waals surface area contributed by atoms with Crippen molar-refractivity contribution in [3.05, 3.63) is 23.9 Å². The van der Waals surface area contributed by atoms with Crippen molar-refractivity contribution in [3.8, 4) is 0 Å². The molecule has 3 aliphatic rings. The third kappa shape index (κ3) is 3.77. The Hall–Kier alpha value is -1.07. The van der Waals surface area contributed by atoms with Crippen LogP contribution in [0.4, 0.5) is 0 Å². The van der Waals surface area contributed by atoms with Gasteiger partial charge in [0.25, 0.3) is 0 Å². The van der Waals surface area contributed by atoms with Crippen molar-refractivity contribution in [1.82, 2.24) is 15.1 Å². The predicted octanol–water partition coefficient (Wildman–Crippen LogP) is 1.59. The molecular formula is C16H26N4S. The highest BCUT2D eigenvalue weighted by atomic mass is 32.1. The summed E-state index contributed by atoms with van der Waals surface area (Å²) in [6.45, 7) is 4.95. The van der Waals surface area contributed by atoms with E-state index >= 15 is 0 Å². The first-order valence-corrected chi connectivity index (χ1v) is 8.58. The monoisotopic (exact) mass is 306 g/mol. The quantitative estimate of drug-likeness (QED) is 0.775. The van der Waals surface area contributed by atoms with Gasteiger partial charge >= 0.3 is 0 Å². The Bertz CT molecular complexity index is 432. The first-order chi connectivity index (χ1) is 10.2. The summed E-state index contributed by atoms with van der Waals surface area (Å²) in [5, 5.41) is 3.45. The summed E-state index contributed by atoms with van der Waals surface area (Å²) in [6.07, 6.45) is 13.3. The summed E-state index contributed by atoms with van der Waals surface area (Å²) >= 11 is 4.90. The number of hydrogen-bond acceptors (Lipinski definition) is 3. The lowest BCUT2D eigenvalue weighted by Crippen LogP contribution is -2.46. The van der Waals surface area contributed by atoms with Crippen LogP contribution in [-0.2, 0) is 0 Å². The smallest absolute Gasteiger partial charge is 0.164 e. The molecule has 1 atom stereocenters. The van der Waals surface area contributed by atoms with Gasteiger partial charge in [0.1, 0.15) is 0 Å². The van der Waals surface area contributed by atoms with Crippen LogP contribution >= 0.6 is 12.2 Å². The molecule has 3 rings (SSSR count). The van der Waals surface area contributed by atoms with E-state index in [-0.39, 0.29) is 6.04 Å². The predicted molar refractivity (Wildman–Crippen MR) is 91.0 cm³/mol. The van der Waals surface area contributed by atoms with Gasteiger partial charge in [0.2, 0.25) is 0 Å². The van der Waals surface area contributed by atoms with Crippen molar-refractivity contribution in [2.45, 2.75) is 44.2 Å². The van der Waals surface area contributed by atoms with Crippen molar-refractivity contribution >= 4 is 17.3 Å². The van der Waals surface area contributed by atoms with Gasteiger partial charge in [0.05, 0.1) is 6.04 Å². The van der Waals surface area contributed by atoms with Crippen LogP contribution in [0.3, 0.4) is 0 Å². The molecule has 5 heteroatoms. The van der Waals surface area contributed by atoms with Crippen LogP contribution in [0.1, 0.15) is 32.1 Å². The Morgan fingerprint density at radius 2 is 1.86 bits per heavy atom. The molecule has 1 aliphatic carbocycles. The minimum atomic E-state index is 0.164. The molecule has 2 heterocycles. The number of hydrogen-bond donors (Lipinski definition) is 2. The second-order valence-electron chi connectivity index (χ2n) is 6.30. The molecule has 0 radical (unpaired) electrons. The van der Waals surface area contributed by atoms with Gasteiger partial charge in [-0.15, -0.1) is 0 Å². The summed E-state index contributed by atoms with van der Waals surface area (Å²) in [7, 11) is 0. The fourth-order valence-electron chi connectivity index (χ4n) is 3.73. The Morgan fingerprint density at radius 3 is 2.52 bits per heavy atom. The van der Waals surface area contributed by atoms with Crippen LogP contribution < -0.4 is 11.1 Å². The lowest BCUT2D eigenvalue weighted by Gasteiger charge is -2.41. The summed E-state index contributed by atoms with van der Waals surface area (Å²) in [5.74, 6) is 0. The van der Waals surface area contributed by atoms with Crippen molar-refractivity contribution < 1.29 is 0 Å². The van der Waals surface area contributed by atoms with E-state index in [0.717, 1.165) is 19.1 Å². The Labute approximate surface area is 133 Å². The Kier molecular flexibility index (Phi) is 4.80. The maximum Gasteiger partial charge on any atom is 0.164 e. The molecule has 1 unspecified atom stereocenters. The van der Waals surface area contributed by atoms with E-state index in [4.69, 9.17) is 18.0 Å². The largest absolute Gasteiger partial charge is 0.376 e. The van der Waals surface area contributed by atoms with Crippen molar-refractivity contribution in [2.75, 3.05) is 26.2 Å². The number of nitrogens with two attached hydrogens (primary N) is 1. The highest BCUT2D eigenvalue weighted by molar-refractivity contribution is 7.80. The fourth-order valence-corrected chi connectivity index (χ4v) is 3.87. The van der Waals surface area contributed by atoms with E-state index in [1.165, 1.54) is 50.9 Å². The summed E-state index contributed by atoms with van der Waals surface area (Å²) in [5.41, 5.74) is 6.86. The van der Waals surface area contributed by atoms with Gasteiger partial charge in [-0.05, 0) is 63.1 Å². The van der Waals surface area contributed by atoms with Gasteiger partial charge in [0, 0.05) is 24.8 Å². The van der Waals surface area contributed by atoms with Crippen molar-refractivity contribution in [2.24, 2.45) is 5.73 Å². The molecule has 116 valence electrons. The van der Waals surface area contributed by atoms with E-state index in [0.29, 0.717) is 5.11 Å². The molecule has 21 heavy (non-hydrogen) atoms. The number of rotatable bonds is 3. The van der Waals surface area contributed by atoms with Gasteiger partial charge in [-0.25, -0.2) is 0 Å². The van der Waals surface area contributed by atoms with E-state index in [1.54, 1.807) is 0 Å². The molecule has 2 aliphatic heterocycles. The second kappa shape index (κ2) is 6.79. The molecule has 0 bridgehead atoms. The highest BCUT2D eigenvalue weighted by Crippen LogP contribution is 2.24. The number of nitrogens with zero attached hydrogens (tertiary/aromatic N) is 2. The number of allylic oxidation sites excluding steroid dienone is 1. The van der Waals surface area contributed by atoms with Crippen LogP contribution in [0, 0.1) is 0 Å². The molecule has 0 amide bonds. The molecule has 3 N–H and O–H groups in total. The summed E-state index contributed by atoms with van der Waals surface area (Å²) < 4.78 is 0. The first kappa shape index (κ1) is 14.9. The lowest BCUT2D eigenvalue weighted by atomic mass is 9.99. The summed E-state index contributed by atoms with van der Waals surface area (Å²) in [6, 6.07) is 0.968. The second-order valence-corrected chi connectivity index (χ2v) is 6.74. The molecule has 2 fully saturated rings. The third-order valence-electron chi connectivity index (χ3n) is 4.87. The minimum absolute atomic E-state index is 0.164. The standard InChI is InChI=1S/C16H26N4S/c17-16(21)18-13-4-5-15(12-13)20-10-6-14(7-11-20)19-8-2-1-3-9-19/h4-5,12-14H,1-3,6-11H2,(H3,17,18,21). The zero-order valence-electron chi connectivity index (χ0n) is 12.6. The van der Waals surface area contributed by atoms with Crippen molar-refractivity contribution in [1.29, 1.82) is 0 Å².